The van der Waals surface area contributed by atoms with Gasteiger partial charge in [0.1, 0.15) is 5.82 Å². The Morgan fingerprint density at radius 2 is 1.62 bits per heavy atom. The zero-order chi connectivity index (χ0) is 32.7. The third-order valence-corrected chi connectivity index (χ3v) is 8.53. The first kappa shape index (κ1) is 33.2. The highest BCUT2D eigenvalue weighted by molar-refractivity contribution is 7.92. The topological polar surface area (TPSA) is 167 Å². The average molecular weight is 639 g/mol. The van der Waals surface area contributed by atoms with Crippen molar-refractivity contribution < 1.29 is 32.6 Å². The lowest BCUT2D eigenvalue weighted by molar-refractivity contribution is 0.0770. The largest absolute Gasteiger partial charge is 0.390 e. The highest BCUT2D eigenvalue weighted by Gasteiger charge is 2.26. The maximum Gasteiger partial charge on any atom is 0.251 e. The fourth-order valence-electron chi connectivity index (χ4n) is 4.62. The van der Waals surface area contributed by atoms with E-state index in [4.69, 9.17) is 0 Å². The Balaban J connectivity index is 1.65. The third kappa shape index (κ3) is 8.71. The van der Waals surface area contributed by atoms with Gasteiger partial charge in [-0.3, -0.25) is 13.9 Å². The Bertz CT molecular complexity index is 1730. The molecule has 14 heteroatoms. The van der Waals surface area contributed by atoms with Crippen molar-refractivity contribution in [2.45, 2.75) is 44.7 Å². The number of aromatic nitrogens is 3. The number of hydrogen-bond donors (Lipinski definition) is 4. The summed E-state index contributed by atoms with van der Waals surface area (Å²) in [6.45, 7) is 1.28. The molecule has 0 aliphatic heterocycles. The first-order valence-corrected chi connectivity index (χ1v) is 15.9. The minimum Gasteiger partial charge on any atom is -0.390 e. The Labute approximate surface area is 260 Å². The molecule has 0 unspecified atom stereocenters. The molecule has 0 aliphatic carbocycles. The molecule has 0 saturated carbocycles. The molecular formula is C31H35FN6O6S. The standard InChI is InChI=1S/C31H35FN6O6S/c1-20(22-9-11-25(32)12-10-22)34-30(41)23-14-24(16-26(15-23)37(2)45(3,43)44)31(42)35-28(13-21-7-5-4-6-8-21)29(40)18-38-27(19-39)17-33-36-38/h4-12,14-17,20,28-29,39-40H,13,18-19H2,1-3H3,(H,34,41)(H,35,42)/t20-,28+,29+/m1/s1. The number of nitrogens with zero attached hydrogens (tertiary/aromatic N) is 4. The van der Waals surface area contributed by atoms with Gasteiger partial charge in [0.15, 0.2) is 0 Å². The lowest BCUT2D eigenvalue weighted by Crippen LogP contribution is -2.47. The summed E-state index contributed by atoms with van der Waals surface area (Å²) in [5.41, 5.74) is 1.90. The van der Waals surface area contributed by atoms with Crippen LogP contribution >= 0.6 is 0 Å². The van der Waals surface area contributed by atoms with Crippen molar-refractivity contribution in [1.29, 1.82) is 0 Å². The van der Waals surface area contributed by atoms with Crippen molar-refractivity contribution in [1.82, 2.24) is 25.6 Å². The summed E-state index contributed by atoms with van der Waals surface area (Å²) in [5, 5.41) is 34.1. The molecule has 0 fully saturated rings. The molecule has 12 nitrogen and oxygen atoms in total. The summed E-state index contributed by atoms with van der Waals surface area (Å²) in [4.78, 5) is 27.1. The van der Waals surface area contributed by atoms with Crippen LogP contribution in [0.5, 0.6) is 0 Å². The van der Waals surface area contributed by atoms with E-state index in [1.165, 1.54) is 60.4 Å². The van der Waals surface area contributed by atoms with Crippen LogP contribution in [0.4, 0.5) is 10.1 Å². The second-order valence-electron chi connectivity index (χ2n) is 10.6. The van der Waals surface area contributed by atoms with Crippen molar-refractivity contribution in [2.75, 3.05) is 17.6 Å². The van der Waals surface area contributed by atoms with Gasteiger partial charge in [-0.2, -0.15) is 0 Å². The van der Waals surface area contributed by atoms with E-state index in [-0.39, 0.29) is 36.4 Å². The highest BCUT2D eigenvalue weighted by atomic mass is 32.2. The molecule has 0 aliphatic rings. The number of nitrogens with one attached hydrogen (secondary N) is 2. The van der Waals surface area contributed by atoms with Crippen molar-refractivity contribution in [3.63, 3.8) is 0 Å². The van der Waals surface area contributed by atoms with Crippen LogP contribution in [0, 0.1) is 5.82 Å². The van der Waals surface area contributed by atoms with Gasteiger partial charge in [0.25, 0.3) is 11.8 Å². The maximum atomic E-state index is 13.7. The van der Waals surface area contributed by atoms with Crippen LogP contribution in [0.1, 0.15) is 50.5 Å². The molecule has 3 aromatic carbocycles. The molecule has 0 radical (unpaired) electrons. The quantitative estimate of drug-likeness (QED) is 0.173. The van der Waals surface area contributed by atoms with Crippen LogP contribution in [-0.4, -0.2) is 70.9 Å². The lowest BCUT2D eigenvalue weighted by atomic mass is 10.00. The van der Waals surface area contributed by atoms with Gasteiger partial charge in [0.05, 0.1) is 55.2 Å². The van der Waals surface area contributed by atoms with Crippen molar-refractivity contribution >= 4 is 27.5 Å². The number of halogens is 1. The normalized spacial score (nSPS) is 13.5. The molecular weight excluding hydrogens is 603 g/mol. The fourth-order valence-corrected chi connectivity index (χ4v) is 5.11. The molecule has 45 heavy (non-hydrogen) atoms. The van der Waals surface area contributed by atoms with Gasteiger partial charge >= 0.3 is 0 Å². The zero-order valence-corrected chi connectivity index (χ0v) is 25.8. The third-order valence-electron chi connectivity index (χ3n) is 7.32. The van der Waals surface area contributed by atoms with Crippen LogP contribution in [-0.2, 0) is 29.6 Å². The Kier molecular flexibility index (Phi) is 10.6. The van der Waals surface area contributed by atoms with Crippen molar-refractivity contribution in [2.24, 2.45) is 0 Å². The predicted molar refractivity (Wildman–Crippen MR) is 165 cm³/mol. The van der Waals surface area contributed by atoms with Gasteiger partial charge in [-0.05, 0) is 54.8 Å². The van der Waals surface area contributed by atoms with E-state index < -0.39 is 45.8 Å². The Morgan fingerprint density at radius 3 is 2.22 bits per heavy atom. The summed E-state index contributed by atoms with van der Waals surface area (Å²) >= 11 is 0. The fraction of sp³-hybridized carbons (Fsp3) is 0.290. The summed E-state index contributed by atoms with van der Waals surface area (Å²) in [6, 6.07) is 17.4. The number of anilines is 1. The summed E-state index contributed by atoms with van der Waals surface area (Å²) in [7, 11) is -2.47. The minimum atomic E-state index is -3.77. The molecule has 3 atom stereocenters. The van der Waals surface area contributed by atoms with E-state index in [1.54, 1.807) is 6.92 Å². The molecule has 4 aromatic rings. The zero-order valence-electron chi connectivity index (χ0n) is 25.0. The molecule has 0 spiro atoms. The average Bonchev–Trinajstić information content (AvgIpc) is 3.47. The lowest BCUT2D eigenvalue weighted by Gasteiger charge is -2.25. The van der Waals surface area contributed by atoms with Crippen molar-refractivity contribution in [3.8, 4) is 0 Å². The number of aliphatic hydroxyl groups excluding tert-OH is 2. The monoisotopic (exact) mass is 638 g/mol. The molecule has 2 amide bonds. The first-order valence-electron chi connectivity index (χ1n) is 14.0. The second-order valence-corrected chi connectivity index (χ2v) is 12.7. The summed E-state index contributed by atoms with van der Waals surface area (Å²) < 4.78 is 40.4. The van der Waals surface area contributed by atoms with Crippen LogP contribution in [0.3, 0.4) is 0 Å². The SMILES string of the molecule is C[C@@H](NC(=O)c1cc(C(=O)N[C@@H](Cc2ccccc2)[C@@H](O)Cn2nncc2CO)cc(N(C)S(C)(=O)=O)c1)c1ccc(F)cc1. The number of aliphatic hydroxyl groups is 2. The Morgan fingerprint density at radius 1 is 1.00 bits per heavy atom. The van der Waals surface area contributed by atoms with E-state index in [0.717, 1.165) is 16.1 Å². The number of amides is 2. The van der Waals surface area contributed by atoms with E-state index in [9.17, 15) is 32.6 Å². The molecule has 0 saturated heterocycles. The Hall–Kier alpha value is -4.66. The van der Waals surface area contributed by atoms with Gasteiger partial charge in [-0.1, -0.05) is 47.7 Å². The van der Waals surface area contributed by atoms with Gasteiger partial charge in [-0.25, -0.2) is 17.5 Å². The van der Waals surface area contributed by atoms with Gasteiger partial charge < -0.3 is 20.8 Å². The van der Waals surface area contributed by atoms with Gasteiger partial charge in [-0.15, -0.1) is 5.10 Å². The van der Waals surface area contributed by atoms with Crippen LogP contribution in [0.15, 0.2) is 79.0 Å². The minimum absolute atomic E-state index is 0.0115. The van der Waals surface area contributed by atoms with Crippen LogP contribution in [0.25, 0.3) is 0 Å². The molecule has 1 heterocycles. The van der Waals surface area contributed by atoms with E-state index in [0.29, 0.717) is 11.3 Å². The second kappa shape index (κ2) is 14.4. The molecule has 238 valence electrons. The molecule has 4 rings (SSSR count). The number of benzene rings is 3. The van der Waals surface area contributed by atoms with Gasteiger partial charge in [0.2, 0.25) is 10.0 Å². The number of rotatable bonds is 13. The summed E-state index contributed by atoms with van der Waals surface area (Å²) in [6.07, 6.45) is 1.41. The number of hydrogen-bond acceptors (Lipinski definition) is 8. The maximum absolute atomic E-state index is 13.7. The molecule has 0 bridgehead atoms. The smallest absolute Gasteiger partial charge is 0.251 e. The van der Waals surface area contributed by atoms with E-state index in [1.807, 2.05) is 30.3 Å². The van der Waals surface area contributed by atoms with E-state index in [2.05, 4.69) is 20.9 Å². The predicted octanol–water partition coefficient (Wildman–Crippen LogP) is 2.20. The molecule has 1 aromatic heterocycles. The van der Waals surface area contributed by atoms with E-state index >= 15 is 0 Å². The molecule has 4 N–H and O–H groups in total. The van der Waals surface area contributed by atoms with Crippen LogP contribution in [0.2, 0.25) is 0 Å². The first-order chi connectivity index (χ1) is 21.3. The highest BCUT2D eigenvalue weighted by Crippen LogP contribution is 2.23. The number of carbonyl (C=O) groups excluding carboxylic acids is 2. The number of sulfonamides is 1. The van der Waals surface area contributed by atoms with Crippen LogP contribution < -0.4 is 14.9 Å². The van der Waals surface area contributed by atoms with Crippen molar-refractivity contribution in [3.05, 3.63) is 113 Å². The number of carbonyl (C=O) groups is 2. The summed E-state index contributed by atoms with van der Waals surface area (Å²) in [5.74, 6) is -1.68. The van der Waals surface area contributed by atoms with Gasteiger partial charge in [0, 0.05) is 18.2 Å².